The normalized spacial score (nSPS) is 11.5. The SMILES string of the molecule is Fc1cc(F)c2c(F)ccc(-c3ccc4c(F)c(F)c(F)c(F)c4c3)c2c1. The molecule has 0 aliphatic carbocycles. The van der Waals surface area contributed by atoms with Gasteiger partial charge in [0, 0.05) is 16.8 Å². The first kappa shape index (κ1) is 17.3. The van der Waals surface area contributed by atoms with E-state index < -0.39 is 56.9 Å². The van der Waals surface area contributed by atoms with Gasteiger partial charge < -0.3 is 0 Å². The van der Waals surface area contributed by atoms with Gasteiger partial charge in [0.2, 0.25) is 0 Å². The van der Waals surface area contributed by atoms with Crippen LogP contribution in [0.5, 0.6) is 0 Å². The van der Waals surface area contributed by atoms with Crippen LogP contribution >= 0.6 is 0 Å². The molecule has 0 aliphatic rings. The zero-order valence-electron chi connectivity index (χ0n) is 13.2. The van der Waals surface area contributed by atoms with Crippen LogP contribution in [0.25, 0.3) is 32.7 Å². The smallest absolute Gasteiger partial charge is 0.198 e. The maximum absolute atomic E-state index is 14.1. The summed E-state index contributed by atoms with van der Waals surface area (Å²) in [6.45, 7) is 0. The second kappa shape index (κ2) is 5.97. The summed E-state index contributed by atoms with van der Waals surface area (Å²) in [5.41, 5.74) is 0.220. The molecule has 0 radical (unpaired) electrons. The van der Waals surface area contributed by atoms with Gasteiger partial charge in [-0.1, -0.05) is 18.2 Å². The third-order valence-electron chi connectivity index (χ3n) is 4.36. The van der Waals surface area contributed by atoms with E-state index in [0.29, 0.717) is 6.07 Å². The molecule has 4 rings (SSSR count). The van der Waals surface area contributed by atoms with E-state index in [0.717, 1.165) is 24.3 Å². The van der Waals surface area contributed by atoms with E-state index in [1.807, 2.05) is 0 Å². The Morgan fingerprint density at radius 2 is 1.15 bits per heavy atom. The highest BCUT2D eigenvalue weighted by Crippen LogP contribution is 2.35. The molecule has 0 fully saturated rings. The molecule has 0 N–H and O–H groups in total. The topological polar surface area (TPSA) is 0 Å². The van der Waals surface area contributed by atoms with Crippen molar-refractivity contribution in [2.75, 3.05) is 0 Å². The van der Waals surface area contributed by atoms with E-state index in [9.17, 15) is 30.7 Å². The second-order valence-electron chi connectivity index (χ2n) is 5.92. The van der Waals surface area contributed by atoms with Crippen molar-refractivity contribution in [2.24, 2.45) is 0 Å². The molecule has 0 atom stereocenters. The Balaban J connectivity index is 2.08. The molecule has 4 aromatic carbocycles. The zero-order chi connectivity index (χ0) is 19.5. The Morgan fingerprint density at radius 3 is 1.85 bits per heavy atom. The third-order valence-corrected chi connectivity index (χ3v) is 4.36. The number of halogens is 7. The lowest BCUT2D eigenvalue weighted by Gasteiger charge is -2.11. The minimum atomic E-state index is -1.97. The molecule has 0 amide bonds. The van der Waals surface area contributed by atoms with Gasteiger partial charge in [-0.25, -0.2) is 30.7 Å². The van der Waals surface area contributed by atoms with Crippen LogP contribution in [0.1, 0.15) is 0 Å². The van der Waals surface area contributed by atoms with Gasteiger partial charge in [0.1, 0.15) is 17.5 Å². The van der Waals surface area contributed by atoms with Crippen LogP contribution in [0.3, 0.4) is 0 Å². The van der Waals surface area contributed by atoms with Gasteiger partial charge in [0.25, 0.3) is 0 Å². The Bertz CT molecular complexity index is 1240. The van der Waals surface area contributed by atoms with Crippen LogP contribution in [-0.4, -0.2) is 0 Å². The fraction of sp³-hybridized carbons (Fsp3) is 0. The molecule has 7 heteroatoms. The maximum atomic E-state index is 14.1. The van der Waals surface area contributed by atoms with Crippen molar-refractivity contribution >= 4 is 21.5 Å². The van der Waals surface area contributed by atoms with E-state index in [4.69, 9.17) is 0 Å². The van der Waals surface area contributed by atoms with E-state index in [1.165, 1.54) is 12.1 Å². The molecule has 0 bridgehead atoms. The molecule has 27 heavy (non-hydrogen) atoms. The van der Waals surface area contributed by atoms with Gasteiger partial charge in [0.15, 0.2) is 23.3 Å². The van der Waals surface area contributed by atoms with Crippen molar-refractivity contribution in [1.29, 1.82) is 0 Å². The summed E-state index contributed by atoms with van der Waals surface area (Å²) in [7, 11) is 0. The molecule has 136 valence electrons. The third kappa shape index (κ3) is 2.53. The lowest BCUT2D eigenvalue weighted by atomic mass is 9.95. The molecule has 0 spiro atoms. The van der Waals surface area contributed by atoms with Gasteiger partial charge in [-0.05, 0) is 34.7 Å². The lowest BCUT2D eigenvalue weighted by molar-refractivity contribution is 0.418. The monoisotopic (exact) mass is 380 g/mol. The summed E-state index contributed by atoms with van der Waals surface area (Å²) in [5.74, 6) is -10.1. The van der Waals surface area contributed by atoms with Crippen LogP contribution in [-0.2, 0) is 0 Å². The zero-order valence-corrected chi connectivity index (χ0v) is 13.2. The predicted molar refractivity (Wildman–Crippen MR) is 86.6 cm³/mol. The predicted octanol–water partition coefficient (Wildman–Crippen LogP) is 6.63. The molecule has 0 nitrogen and oxygen atoms in total. The summed E-state index contributed by atoms with van der Waals surface area (Å²) < 4.78 is 96.4. The first-order valence-electron chi connectivity index (χ1n) is 7.63. The van der Waals surface area contributed by atoms with Crippen molar-refractivity contribution in [2.45, 2.75) is 0 Å². The second-order valence-corrected chi connectivity index (χ2v) is 5.92. The average molecular weight is 380 g/mol. The van der Waals surface area contributed by atoms with Crippen molar-refractivity contribution < 1.29 is 30.7 Å². The first-order valence-corrected chi connectivity index (χ1v) is 7.63. The largest absolute Gasteiger partial charge is 0.207 e. The van der Waals surface area contributed by atoms with Gasteiger partial charge in [-0.15, -0.1) is 0 Å². The molecule has 0 saturated heterocycles. The Kier molecular flexibility index (Phi) is 3.83. The highest BCUT2D eigenvalue weighted by Gasteiger charge is 2.21. The average Bonchev–Trinajstić information content (AvgIpc) is 2.64. The van der Waals surface area contributed by atoms with Crippen LogP contribution in [0.2, 0.25) is 0 Å². The van der Waals surface area contributed by atoms with Crippen molar-refractivity contribution in [1.82, 2.24) is 0 Å². The molecular formula is C20H7F7. The van der Waals surface area contributed by atoms with E-state index in [-0.39, 0.29) is 16.5 Å². The van der Waals surface area contributed by atoms with E-state index >= 15 is 0 Å². The van der Waals surface area contributed by atoms with Gasteiger partial charge in [0.05, 0.1) is 5.39 Å². The molecule has 0 aliphatic heterocycles. The Labute approximate surface area is 147 Å². The van der Waals surface area contributed by atoms with Crippen molar-refractivity contribution in [3.63, 3.8) is 0 Å². The minimum absolute atomic E-state index is 0.108. The summed E-state index contributed by atoms with van der Waals surface area (Å²) in [5, 5.41) is -1.68. The molecular weight excluding hydrogens is 373 g/mol. The van der Waals surface area contributed by atoms with Crippen LogP contribution in [0.15, 0.2) is 42.5 Å². The van der Waals surface area contributed by atoms with Crippen LogP contribution in [0.4, 0.5) is 30.7 Å². The summed E-state index contributed by atoms with van der Waals surface area (Å²) in [4.78, 5) is 0. The van der Waals surface area contributed by atoms with Crippen LogP contribution < -0.4 is 0 Å². The molecule has 0 unspecified atom stereocenters. The van der Waals surface area contributed by atoms with Gasteiger partial charge >= 0.3 is 0 Å². The molecule has 0 heterocycles. The fourth-order valence-electron chi connectivity index (χ4n) is 3.12. The standard InChI is InChI=1S/C20H7F7/c21-9-6-12-10(3-4-14(22)16(12)15(23)7-9)8-1-2-11-13(5-8)18(25)20(27)19(26)17(11)24/h1-7H. The van der Waals surface area contributed by atoms with Crippen molar-refractivity contribution in [3.8, 4) is 11.1 Å². The highest BCUT2D eigenvalue weighted by atomic mass is 19.2. The highest BCUT2D eigenvalue weighted by molar-refractivity contribution is 5.99. The number of hydrogen-bond acceptors (Lipinski definition) is 0. The Morgan fingerprint density at radius 1 is 0.481 bits per heavy atom. The van der Waals surface area contributed by atoms with E-state index in [2.05, 4.69) is 0 Å². The maximum Gasteiger partial charge on any atom is 0.198 e. The van der Waals surface area contributed by atoms with Gasteiger partial charge in [-0.2, -0.15) is 0 Å². The summed E-state index contributed by atoms with van der Waals surface area (Å²) in [6, 6.07) is 6.79. The quantitative estimate of drug-likeness (QED) is 0.197. The fourth-order valence-corrected chi connectivity index (χ4v) is 3.12. The minimum Gasteiger partial charge on any atom is -0.207 e. The van der Waals surface area contributed by atoms with E-state index in [1.54, 1.807) is 0 Å². The first-order chi connectivity index (χ1) is 12.8. The number of fused-ring (bicyclic) bond motifs is 2. The number of benzene rings is 4. The molecule has 0 saturated carbocycles. The summed E-state index contributed by atoms with van der Waals surface area (Å²) >= 11 is 0. The van der Waals surface area contributed by atoms with Crippen LogP contribution in [0, 0.1) is 40.7 Å². The molecule has 4 aromatic rings. The molecule has 0 aromatic heterocycles. The Hall–Kier alpha value is -3.09. The lowest BCUT2D eigenvalue weighted by Crippen LogP contribution is -1.98. The van der Waals surface area contributed by atoms with Gasteiger partial charge in [-0.3, -0.25) is 0 Å². The number of hydrogen-bond donors (Lipinski definition) is 0. The number of rotatable bonds is 1. The summed E-state index contributed by atoms with van der Waals surface area (Å²) in [6.07, 6.45) is 0. The van der Waals surface area contributed by atoms with Crippen molar-refractivity contribution in [3.05, 3.63) is 83.2 Å².